The highest BCUT2D eigenvalue weighted by atomic mass is 32.2. The molecule has 2 fully saturated rings. The van der Waals surface area contributed by atoms with Crippen molar-refractivity contribution in [1.82, 2.24) is 4.31 Å². The first-order chi connectivity index (χ1) is 12.0. The Labute approximate surface area is 152 Å². The van der Waals surface area contributed by atoms with Gasteiger partial charge in [-0.2, -0.15) is 4.31 Å². The molecule has 140 valence electrons. The van der Waals surface area contributed by atoms with Crippen molar-refractivity contribution in [3.63, 3.8) is 0 Å². The Morgan fingerprint density at radius 3 is 2.20 bits per heavy atom. The number of nitrogens with zero attached hydrogens (tertiary/aromatic N) is 1. The molecule has 5 nitrogen and oxygen atoms in total. The number of sulfonamides is 1. The number of piperazine rings is 1. The second-order valence-corrected chi connectivity index (χ2v) is 9.59. The van der Waals surface area contributed by atoms with E-state index in [1.54, 1.807) is 26.2 Å². The van der Waals surface area contributed by atoms with E-state index in [1.165, 1.54) is 38.9 Å². The third kappa shape index (κ3) is 4.42. The molecule has 0 radical (unpaired) electrons. The largest absolute Gasteiger partial charge is 0.335 e. The number of hydrogen-bond acceptors (Lipinski definition) is 2. The summed E-state index contributed by atoms with van der Waals surface area (Å²) in [7, 11) is -3.33. The van der Waals surface area contributed by atoms with Gasteiger partial charge in [-0.05, 0) is 25.5 Å². The lowest BCUT2D eigenvalue weighted by atomic mass is 10.0. The number of hydrogen-bond donors (Lipinski definition) is 2. The van der Waals surface area contributed by atoms with E-state index in [4.69, 9.17) is 0 Å². The molecule has 0 amide bonds. The van der Waals surface area contributed by atoms with Gasteiger partial charge < -0.3 is 9.80 Å². The van der Waals surface area contributed by atoms with E-state index in [0.717, 1.165) is 24.7 Å². The van der Waals surface area contributed by atoms with Crippen LogP contribution in [0.25, 0.3) is 0 Å². The SMILES string of the molecule is CCC[NH+]1CCC([NH+]2CCN(S(=O)(=O)c3ccc(C)cc3)CC2)CC1. The van der Waals surface area contributed by atoms with Gasteiger partial charge in [-0.25, -0.2) is 8.42 Å². The molecule has 0 spiro atoms. The van der Waals surface area contributed by atoms with Crippen LogP contribution in [0.1, 0.15) is 31.7 Å². The van der Waals surface area contributed by atoms with Gasteiger partial charge in [0, 0.05) is 12.8 Å². The van der Waals surface area contributed by atoms with Gasteiger partial charge in [0.15, 0.2) is 0 Å². The summed E-state index contributed by atoms with van der Waals surface area (Å²) >= 11 is 0. The fraction of sp³-hybridized carbons (Fsp3) is 0.684. The van der Waals surface area contributed by atoms with E-state index >= 15 is 0 Å². The maximum atomic E-state index is 12.8. The number of piperidine rings is 1. The topological polar surface area (TPSA) is 46.3 Å². The summed E-state index contributed by atoms with van der Waals surface area (Å²) in [4.78, 5) is 3.79. The zero-order valence-corrected chi connectivity index (χ0v) is 16.4. The van der Waals surface area contributed by atoms with Crippen LogP contribution in [-0.2, 0) is 10.0 Å². The average Bonchev–Trinajstić information content (AvgIpc) is 2.63. The molecule has 2 heterocycles. The lowest BCUT2D eigenvalue weighted by molar-refractivity contribution is -0.959. The fourth-order valence-corrected chi connectivity index (χ4v) is 5.76. The summed E-state index contributed by atoms with van der Waals surface area (Å²) in [6.45, 7) is 11.3. The maximum Gasteiger partial charge on any atom is 0.243 e. The van der Waals surface area contributed by atoms with Crippen molar-refractivity contribution < 1.29 is 18.2 Å². The van der Waals surface area contributed by atoms with Gasteiger partial charge in [-0.1, -0.05) is 24.6 Å². The molecule has 2 aliphatic rings. The number of benzene rings is 1. The number of likely N-dealkylation sites (tertiary alicyclic amines) is 1. The molecule has 0 aromatic heterocycles. The summed E-state index contributed by atoms with van der Waals surface area (Å²) < 4.78 is 27.3. The lowest BCUT2D eigenvalue weighted by Gasteiger charge is -2.38. The summed E-state index contributed by atoms with van der Waals surface area (Å²) in [5, 5.41) is 0. The predicted molar refractivity (Wildman–Crippen MR) is 99.5 cm³/mol. The van der Waals surface area contributed by atoms with Gasteiger partial charge in [0.05, 0.1) is 56.8 Å². The van der Waals surface area contributed by atoms with E-state index in [1.807, 2.05) is 19.1 Å². The van der Waals surface area contributed by atoms with E-state index in [0.29, 0.717) is 18.0 Å². The van der Waals surface area contributed by atoms with Gasteiger partial charge >= 0.3 is 0 Å². The van der Waals surface area contributed by atoms with Crippen molar-refractivity contribution in [1.29, 1.82) is 0 Å². The molecular formula is C19H33N3O2S+2. The van der Waals surface area contributed by atoms with E-state index in [2.05, 4.69) is 6.92 Å². The van der Waals surface area contributed by atoms with Crippen LogP contribution < -0.4 is 9.80 Å². The van der Waals surface area contributed by atoms with E-state index in [-0.39, 0.29) is 0 Å². The first-order valence-electron chi connectivity index (χ1n) is 9.75. The Balaban J connectivity index is 1.54. The molecule has 0 unspecified atom stereocenters. The molecule has 1 aromatic rings. The molecular weight excluding hydrogens is 334 g/mol. The third-order valence-corrected chi connectivity index (χ3v) is 7.81. The fourth-order valence-electron chi connectivity index (χ4n) is 4.32. The van der Waals surface area contributed by atoms with Gasteiger partial charge in [0.25, 0.3) is 0 Å². The summed E-state index contributed by atoms with van der Waals surface area (Å²) in [6, 6.07) is 7.94. The highest BCUT2D eigenvalue weighted by molar-refractivity contribution is 7.89. The standard InChI is InChI=1S/C19H31N3O2S/c1-3-10-20-11-8-18(9-12-20)21-13-15-22(16-14-21)25(23,24)19-6-4-17(2)5-7-19/h4-7,18H,3,8-16H2,1-2H3/p+2. The van der Waals surface area contributed by atoms with Crippen molar-refractivity contribution in [2.24, 2.45) is 0 Å². The van der Waals surface area contributed by atoms with E-state index in [9.17, 15) is 8.42 Å². The molecule has 1 aromatic carbocycles. The third-order valence-electron chi connectivity index (χ3n) is 5.90. The molecule has 2 N–H and O–H groups in total. The second-order valence-electron chi connectivity index (χ2n) is 7.65. The van der Waals surface area contributed by atoms with Crippen LogP contribution in [0, 0.1) is 6.92 Å². The minimum absolute atomic E-state index is 0.429. The highest BCUT2D eigenvalue weighted by Crippen LogP contribution is 2.16. The molecule has 0 atom stereocenters. The Morgan fingerprint density at radius 1 is 1.04 bits per heavy atom. The molecule has 0 aliphatic carbocycles. The molecule has 0 bridgehead atoms. The lowest BCUT2D eigenvalue weighted by Crippen LogP contribution is -3.22. The minimum Gasteiger partial charge on any atom is -0.335 e. The average molecular weight is 368 g/mol. The van der Waals surface area contributed by atoms with Crippen molar-refractivity contribution in [2.75, 3.05) is 45.8 Å². The first kappa shape index (κ1) is 18.8. The van der Waals surface area contributed by atoms with E-state index < -0.39 is 10.0 Å². The Kier molecular flexibility index (Phi) is 6.15. The van der Waals surface area contributed by atoms with Crippen LogP contribution in [-0.4, -0.2) is 64.6 Å². The van der Waals surface area contributed by atoms with Gasteiger partial charge in [-0.15, -0.1) is 0 Å². The molecule has 0 saturated carbocycles. The molecule has 2 aliphatic heterocycles. The molecule has 25 heavy (non-hydrogen) atoms. The van der Waals surface area contributed by atoms with Gasteiger partial charge in [0.1, 0.15) is 0 Å². The maximum absolute atomic E-state index is 12.8. The Hall–Kier alpha value is -0.950. The normalized spacial score (nSPS) is 26.6. The summed E-state index contributed by atoms with van der Waals surface area (Å²) in [5.74, 6) is 0. The number of nitrogens with one attached hydrogen (secondary N) is 2. The van der Waals surface area contributed by atoms with Crippen molar-refractivity contribution in [3.8, 4) is 0 Å². The zero-order valence-electron chi connectivity index (χ0n) is 15.6. The van der Waals surface area contributed by atoms with Crippen LogP contribution in [0.5, 0.6) is 0 Å². The smallest absolute Gasteiger partial charge is 0.243 e. The Morgan fingerprint density at radius 2 is 1.64 bits per heavy atom. The monoisotopic (exact) mass is 367 g/mol. The van der Waals surface area contributed by atoms with Crippen LogP contribution in [0.2, 0.25) is 0 Å². The molecule has 2 saturated heterocycles. The predicted octanol–water partition coefficient (Wildman–Crippen LogP) is -0.658. The van der Waals surface area contributed by atoms with Crippen molar-refractivity contribution in [2.45, 2.75) is 44.0 Å². The summed E-state index contributed by atoms with van der Waals surface area (Å²) in [6.07, 6.45) is 3.84. The summed E-state index contributed by atoms with van der Waals surface area (Å²) in [5.41, 5.74) is 1.09. The minimum atomic E-state index is -3.33. The van der Waals surface area contributed by atoms with Gasteiger partial charge in [0.2, 0.25) is 10.0 Å². The number of aryl methyl sites for hydroxylation is 1. The Bertz CT molecular complexity index is 644. The van der Waals surface area contributed by atoms with Crippen molar-refractivity contribution in [3.05, 3.63) is 29.8 Å². The first-order valence-corrected chi connectivity index (χ1v) is 11.2. The highest BCUT2D eigenvalue weighted by Gasteiger charge is 2.35. The number of quaternary nitrogens is 2. The van der Waals surface area contributed by atoms with Crippen LogP contribution in [0.15, 0.2) is 29.2 Å². The second kappa shape index (κ2) is 8.16. The quantitative estimate of drug-likeness (QED) is 0.726. The van der Waals surface area contributed by atoms with Gasteiger partial charge in [-0.3, -0.25) is 0 Å². The van der Waals surface area contributed by atoms with Crippen LogP contribution in [0.4, 0.5) is 0 Å². The van der Waals surface area contributed by atoms with Crippen LogP contribution in [0.3, 0.4) is 0 Å². The molecule has 6 heteroatoms. The number of rotatable bonds is 5. The zero-order chi connectivity index (χ0) is 17.9. The van der Waals surface area contributed by atoms with Crippen molar-refractivity contribution >= 4 is 10.0 Å². The van der Waals surface area contributed by atoms with Crippen LogP contribution >= 0.6 is 0 Å². The molecule has 3 rings (SSSR count).